The minimum atomic E-state index is 0.419. The van der Waals surface area contributed by atoms with Crippen LogP contribution in [0.3, 0.4) is 0 Å². The molecule has 1 aromatic heterocycles. The van der Waals surface area contributed by atoms with E-state index < -0.39 is 0 Å². The van der Waals surface area contributed by atoms with Crippen LogP contribution in [0.4, 0.5) is 0 Å². The molecule has 114 valence electrons. The van der Waals surface area contributed by atoms with Gasteiger partial charge >= 0.3 is 6.01 Å². The molecule has 2 aromatic rings. The summed E-state index contributed by atoms with van der Waals surface area (Å²) in [6.45, 7) is 6.93. The predicted molar refractivity (Wildman–Crippen MR) is 83.8 cm³/mol. The van der Waals surface area contributed by atoms with Gasteiger partial charge in [0.25, 0.3) is 0 Å². The van der Waals surface area contributed by atoms with Crippen molar-refractivity contribution in [2.24, 2.45) is 5.92 Å². The maximum Gasteiger partial charge on any atom is 0.335 e. The number of aromatic nitrogens is 3. The molecule has 2 rings (SSSR count). The molecule has 0 atom stereocenters. The van der Waals surface area contributed by atoms with E-state index in [1.165, 1.54) is 12.8 Å². The van der Waals surface area contributed by atoms with Gasteiger partial charge in [-0.05, 0) is 37.4 Å². The fourth-order valence-electron chi connectivity index (χ4n) is 1.99. The number of rotatable bonds is 9. The van der Waals surface area contributed by atoms with E-state index in [1.54, 1.807) is 11.0 Å². The monoisotopic (exact) mass is 288 g/mol. The average Bonchev–Trinajstić information content (AvgIpc) is 2.96. The van der Waals surface area contributed by atoms with E-state index in [2.05, 4.69) is 29.2 Å². The van der Waals surface area contributed by atoms with Gasteiger partial charge in [-0.3, -0.25) is 0 Å². The molecule has 0 amide bonds. The van der Waals surface area contributed by atoms with E-state index in [1.807, 2.05) is 30.3 Å². The molecule has 0 unspecified atom stereocenters. The summed E-state index contributed by atoms with van der Waals surface area (Å²) >= 11 is 0. The first-order valence-electron chi connectivity index (χ1n) is 7.56. The molecule has 0 bridgehead atoms. The summed E-state index contributed by atoms with van der Waals surface area (Å²) in [6, 6.07) is 10.3. The van der Waals surface area contributed by atoms with Crippen LogP contribution in [-0.2, 0) is 0 Å². The third kappa shape index (κ3) is 5.55. The Morgan fingerprint density at radius 3 is 2.76 bits per heavy atom. The van der Waals surface area contributed by atoms with Gasteiger partial charge in [-0.1, -0.05) is 32.0 Å². The maximum atomic E-state index is 5.53. The number of benzene rings is 1. The molecule has 21 heavy (non-hydrogen) atoms. The second kappa shape index (κ2) is 8.42. The highest BCUT2D eigenvalue weighted by Gasteiger charge is 2.03. The molecule has 5 heteroatoms. The summed E-state index contributed by atoms with van der Waals surface area (Å²) in [6.07, 6.45) is 4.14. The normalized spacial score (nSPS) is 11.0. The number of nitrogens with zero attached hydrogens (tertiary/aromatic N) is 3. The number of para-hydroxylation sites is 1. The van der Waals surface area contributed by atoms with Gasteiger partial charge in [0.1, 0.15) is 12.9 Å². The Balaban J connectivity index is 1.65. The highest BCUT2D eigenvalue weighted by atomic mass is 16.5. The first-order chi connectivity index (χ1) is 10.3. The van der Waals surface area contributed by atoms with Crippen molar-refractivity contribution in [1.82, 2.24) is 20.1 Å². The third-order valence-corrected chi connectivity index (χ3v) is 3.14. The van der Waals surface area contributed by atoms with E-state index in [0.717, 1.165) is 24.7 Å². The van der Waals surface area contributed by atoms with Crippen LogP contribution in [-0.4, -0.2) is 34.5 Å². The minimum Gasteiger partial charge on any atom is -0.461 e. The molecular formula is C16H24N4O. The SMILES string of the molecule is CC(C)CCCNCCOc1ncn(-c2ccccc2)n1. The lowest BCUT2D eigenvalue weighted by molar-refractivity contribution is 0.289. The second-order valence-corrected chi connectivity index (χ2v) is 5.44. The summed E-state index contributed by atoms with van der Waals surface area (Å²) in [5, 5.41) is 7.66. The molecular weight excluding hydrogens is 264 g/mol. The Morgan fingerprint density at radius 1 is 1.19 bits per heavy atom. The molecule has 0 spiro atoms. The zero-order chi connectivity index (χ0) is 14.9. The minimum absolute atomic E-state index is 0.419. The molecule has 1 heterocycles. The van der Waals surface area contributed by atoms with Crippen LogP contribution in [0.2, 0.25) is 0 Å². The zero-order valence-corrected chi connectivity index (χ0v) is 12.8. The fraction of sp³-hybridized carbons (Fsp3) is 0.500. The molecule has 0 saturated heterocycles. The number of hydrogen-bond acceptors (Lipinski definition) is 4. The standard InChI is InChI=1S/C16H24N4O/c1-14(2)7-6-10-17-11-12-21-16-18-13-20(19-16)15-8-4-3-5-9-15/h3-5,8-9,13-14,17H,6-7,10-12H2,1-2H3. The zero-order valence-electron chi connectivity index (χ0n) is 12.8. The first-order valence-corrected chi connectivity index (χ1v) is 7.56. The van der Waals surface area contributed by atoms with Gasteiger partial charge in [0.15, 0.2) is 0 Å². The highest BCUT2D eigenvalue weighted by molar-refractivity contribution is 5.29. The topological polar surface area (TPSA) is 52.0 Å². The summed E-state index contributed by atoms with van der Waals surface area (Å²) in [5.74, 6) is 0.772. The van der Waals surface area contributed by atoms with E-state index in [9.17, 15) is 0 Å². The van der Waals surface area contributed by atoms with Crippen LogP contribution in [0, 0.1) is 5.92 Å². The Kier molecular flexibility index (Phi) is 6.22. The van der Waals surface area contributed by atoms with Crippen molar-refractivity contribution < 1.29 is 4.74 Å². The quantitative estimate of drug-likeness (QED) is 0.721. The smallest absolute Gasteiger partial charge is 0.335 e. The molecule has 0 aliphatic carbocycles. The number of nitrogens with one attached hydrogen (secondary N) is 1. The maximum absolute atomic E-state index is 5.53. The molecule has 0 aliphatic rings. The fourth-order valence-corrected chi connectivity index (χ4v) is 1.99. The lowest BCUT2D eigenvalue weighted by atomic mass is 10.1. The van der Waals surface area contributed by atoms with Crippen LogP contribution in [0.1, 0.15) is 26.7 Å². The molecule has 0 saturated carbocycles. The lowest BCUT2D eigenvalue weighted by Crippen LogP contribution is -2.22. The van der Waals surface area contributed by atoms with Gasteiger partial charge in [-0.15, -0.1) is 5.10 Å². The van der Waals surface area contributed by atoms with Crippen LogP contribution < -0.4 is 10.1 Å². The highest BCUT2D eigenvalue weighted by Crippen LogP contribution is 2.07. The predicted octanol–water partition coefficient (Wildman–Crippen LogP) is 2.67. The molecule has 1 N–H and O–H groups in total. The molecule has 0 fully saturated rings. The van der Waals surface area contributed by atoms with Crippen LogP contribution in [0.25, 0.3) is 5.69 Å². The van der Waals surface area contributed by atoms with Gasteiger partial charge in [0, 0.05) is 6.54 Å². The van der Waals surface area contributed by atoms with Gasteiger partial charge in [-0.2, -0.15) is 4.98 Å². The Bertz CT molecular complexity index is 510. The molecule has 1 aromatic carbocycles. The van der Waals surface area contributed by atoms with Crippen LogP contribution in [0.5, 0.6) is 6.01 Å². The van der Waals surface area contributed by atoms with Crippen molar-refractivity contribution in [3.63, 3.8) is 0 Å². The molecule has 5 nitrogen and oxygen atoms in total. The van der Waals surface area contributed by atoms with Crippen LogP contribution >= 0.6 is 0 Å². The van der Waals surface area contributed by atoms with Gasteiger partial charge in [0.2, 0.25) is 0 Å². The van der Waals surface area contributed by atoms with E-state index >= 15 is 0 Å². The summed E-state index contributed by atoms with van der Waals surface area (Å²) in [4.78, 5) is 4.15. The summed E-state index contributed by atoms with van der Waals surface area (Å²) in [7, 11) is 0. The van der Waals surface area contributed by atoms with Crippen molar-refractivity contribution in [3.05, 3.63) is 36.7 Å². The molecule has 0 radical (unpaired) electrons. The Hall–Kier alpha value is -1.88. The number of hydrogen-bond donors (Lipinski definition) is 1. The van der Waals surface area contributed by atoms with Gasteiger partial charge in [0.05, 0.1) is 5.69 Å². The van der Waals surface area contributed by atoms with Crippen molar-refractivity contribution >= 4 is 0 Å². The van der Waals surface area contributed by atoms with Crippen molar-refractivity contribution in [3.8, 4) is 11.7 Å². The van der Waals surface area contributed by atoms with Crippen molar-refractivity contribution in [2.45, 2.75) is 26.7 Å². The summed E-state index contributed by atoms with van der Waals surface area (Å²) in [5.41, 5.74) is 0.978. The van der Waals surface area contributed by atoms with Crippen molar-refractivity contribution in [2.75, 3.05) is 19.7 Å². The Labute approximate surface area is 126 Å². The first kappa shape index (κ1) is 15.5. The van der Waals surface area contributed by atoms with E-state index in [0.29, 0.717) is 12.6 Å². The van der Waals surface area contributed by atoms with Gasteiger partial charge in [-0.25, -0.2) is 4.68 Å². The summed E-state index contributed by atoms with van der Waals surface area (Å²) < 4.78 is 7.24. The number of ether oxygens (including phenoxy) is 1. The lowest BCUT2D eigenvalue weighted by Gasteiger charge is -2.06. The van der Waals surface area contributed by atoms with Crippen molar-refractivity contribution in [1.29, 1.82) is 0 Å². The van der Waals surface area contributed by atoms with E-state index in [4.69, 9.17) is 4.74 Å². The Morgan fingerprint density at radius 2 is 2.00 bits per heavy atom. The largest absolute Gasteiger partial charge is 0.461 e. The van der Waals surface area contributed by atoms with Gasteiger partial charge < -0.3 is 10.1 Å². The second-order valence-electron chi connectivity index (χ2n) is 5.44. The molecule has 0 aliphatic heterocycles. The van der Waals surface area contributed by atoms with E-state index in [-0.39, 0.29) is 0 Å². The van der Waals surface area contributed by atoms with Crippen LogP contribution in [0.15, 0.2) is 36.7 Å². The third-order valence-electron chi connectivity index (χ3n) is 3.14. The average molecular weight is 288 g/mol.